The molecule has 1 N–H and O–H groups in total. The Labute approximate surface area is 79.2 Å². The molecule has 13 heavy (non-hydrogen) atoms. The van der Waals surface area contributed by atoms with Crippen molar-refractivity contribution in [2.75, 3.05) is 0 Å². The molecule has 0 aromatic heterocycles. The molecule has 1 atom stereocenters. The lowest BCUT2D eigenvalue weighted by molar-refractivity contribution is -0.122. The standard InChI is InChI=1S/C10H14.CH2O2/c1-3-9(2)10-7-5-4-6-8-10;2-1-3/h4-9H,3H2,1-2H3;1H,(H,2,3). The van der Waals surface area contributed by atoms with Gasteiger partial charge in [-0.3, -0.25) is 4.79 Å². The molecule has 2 nitrogen and oxygen atoms in total. The summed E-state index contributed by atoms with van der Waals surface area (Å²) in [5, 5.41) is 6.89. The van der Waals surface area contributed by atoms with Crippen molar-refractivity contribution in [3.05, 3.63) is 35.9 Å². The summed E-state index contributed by atoms with van der Waals surface area (Å²) in [4.78, 5) is 8.36. The first-order valence-electron chi connectivity index (χ1n) is 4.39. The second-order valence-electron chi connectivity index (χ2n) is 2.83. The van der Waals surface area contributed by atoms with Crippen molar-refractivity contribution in [3.63, 3.8) is 0 Å². The fraction of sp³-hybridized carbons (Fsp3) is 0.364. The van der Waals surface area contributed by atoms with Gasteiger partial charge in [-0.05, 0) is 17.9 Å². The molecule has 0 spiro atoms. The van der Waals surface area contributed by atoms with Gasteiger partial charge >= 0.3 is 0 Å². The molecule has 1 unspecified atom stereocenters. The van der Waals surface area contributed by atoms with Gasteiger partial charge in [0.15, 0.2) is 0 Å². The maximum Gasteiger partial charge on any atom is 0.290 e. The van der Waals surface area contributed by atoms with E-state index in [2.05, 4.69) is 44.2 Å². The highest BCUT2D eigenvalue weighted by atomic mass is 16.3. The Morgan fingerprint density at radius 3 is 2.23 bits per heavy atom. The second-order valence-corrected chi connectivity index (χ2v) is 2.83. The Kier molecular flexibility index (Phi) is 6.60. The van der Waals surface area contributed by atoms with Gasteiger partial charge < -0.3 is 5.11 Å². The molecule has 0 aliphatic carbocycles. The second kappa shape index (κ2) is 7.35. The van der Waals surface area contributed by atoms with Gasteiger partial charge in [0.25, 0.3) is 6.47 Å². The molecule has 1 aromatic carbocycles. The minimum atomic E-state index is -0.250. The van der Waals surface area contributed by atoms with Crippen molar-refractivity contribution in [2.24, 2.45) is 0 Å². The van der Waals surface area contributed by atoms with E-state index in [1.807, 2.05) is 0 Å². The Balaban J connectivity index is 0.000000424. The van der Waals surface area contributed by atoms with Crippen LogP contribution in [0.2, 0.25) is 0 Å². The maximum atomic E-state index is 8.36. The summed E-state index contributed by atoms with van der Waals surface area (Å²) in [5.41, 5.74) is 1.45. The van der Waals surface area contributed by atoms with E-state index in [0.717, 1.165) is 0 Å². The molecule has 1 rings (SSSR count). The van der Waals surface area contributed by atoms with E-state index in [-0.39, 0.29) is 6.47 Å². The first-order chi connectivity index (χ1) is 6.26. The fourth-order valence-electron chi connectivity index (χ4n) is 1.02. The lowest BCUT2D eigenvalue weighted by atomic mass is 9.99. The van der Waals surface area contributed by atoms with E-state index in [1.165, 1.54) is 12.0 Å². The third-order valence-electron chi connectivity index (χ3n) is 1.98. The molecule has 0 aliphatic rings. The summed E-state index contributed by atoms with van der Waals surface area (Å²) >= 11 is 0. The van der Waals surface area contributed by atoms with E-state index >= 15 is 0 Å². The van der Waals surface area contributed by atoms with Gasteiger partial charge in [-0.15, -0.1) is 0 Å². The Morgan fingerprint density at radius 2 is 1.85 bits per heavy atom. The van der Waals surface area contributed by atoms with Crippen LogP contribution in [0.15, 0.2) is 30.3 Å². The van der Waals surface area contributed by atoms with E-state index in [9.17, 15) is 0 Å². The zero-order valence-electron chi connectivity index (χ0n) is 8.10. The minimum absolute atomic E-state index is 0.250. The molecule has 0 heterocycles. The Bertz CT molecular complexity index is 219. The topological polar surface area (TPSA) is 37.3 Å². The summed E-state index contributed by atoms with van der Waals surface area (Å²) in [6.07, 6.45) is 1.23. The van der Waals surface area contributed by atoms with Crippen LogP contribution in [0.5, 0.6) is 0 Å². The van der Waals surface area contributed by atoms with Crippen LogP contribution < -0.4 is 0 Å². The Morgan fingerprint density at radius 1 is 1.38 bits per heavy atom. The lowest BCUT2D eigenvalue weighted by Crippen LogP contribution is -1.88. The number of hydrogen-bond acceptors (Lipinski definition) is 1. The number of carbonyl (C=O) groups is 1. The minimum Gasteiger partial charge on any atom is -0.483 e. The van der Waals surface area contributed by atoms with Crippen molar-refractivity contribution in [1.29, 1.82) is 0 Å². The van der Waals surface area contributed by atoms with Crippen LogP contribution in [0.3, 0.4) is 0 Å². The van der Waals surface area contributed by atoms with Crippen LogP contribution in [-0.2, 0) is 4.79 Å². The molecular formula is C11H16O2. The van der Waals surface area contributed by atoms with Crippen LogP contribution in [0, 0.1) is 0 Å². The number of benzene rings is 1. The van der Waals surface area contributed by atoms with Crippen molar-refractivity contribution >= 4 is 6.47 Å². The molecule has 0 saturated heterocycles. The molecule has 2 heteroatoms. The van der Waals surface area contributed by atoms with Crippen LogP contribution in [-0.4, -0.2) is 11.6 Å². The molecule has 0 fully saturated rings. The molecular weight excluding hydrogens is 164 g/mol. The molecule has 1 aromatic rings. The largest absolute Gasteiger partial charge is 0.483 e. The molecule has 0 amide bonds. The van der Waals surface area contributed by atoms with E-state index < -0.39 is 0 Å². The zero-order valence-corrected chi connectivity index (χ0v) is 8.10. The normalized spacial score (nSPS) is 10.9. The van der Waals surface area contributed by atoms with Gasteiger partial charge in [0.1, 0.15) is 0 Å². The number of hydrogen-bond donors (Lipinski definition) is 1. The SMILES string of the molecule is CCC(C)c1ccccc1.O=CO. The van der Waals surface area contributed by atoms with Crippen LogP contribution in [0.25, 0.3) is 0 Å². The summed E-state index contributed by atoms with van der Waals surface area (Å²) < 4.78 is 0. The van der Waals surface area contributed by atoms with Crippen LogP contribution in [0.1, 0.15) is 31.7 Å². The lowest BCUT2D eigenvalue weighted by Gasteiger charge is -2.06. The monoisotopic (exact) mass is 180 g/mol. The molecule has 0 radical (unpaired) electrons. The smallest absolute Gasteiger partial charge is 0.290 e. The molecule has 0 saturated carbocycles. The quantitative estimate of drug-likeness (QED) is 0.710. The van der Waals surface area contributed by atoms with E-state index in [4.69, 9.17) is 9.90 Å². The third kappa shape index (κ3) is 5.01. The van der Waals surface area contributed by atoms with Gasteiger partial charge in [-0.25, -0.2) is 0 Å². The van der Waals surface area contributed by atoms with Crippen molar-refractivity contribution in [2.45, 2.75) is 26.2 Å². The fourth-order valence-corrected chi connectivity index (χ4v) is 1.02. The highest BCUT2D eigenvalue weighted by Crippen LogP contribution is 2.16. The zero-order chi connectivity index (χ0) is 10.1. The van der Waals surface area contributed by atoms with Crippen LogP contribution in [0.4, 0.5) is 0 Å². The van der Waals surface area contributed by atoms with E-state index in [0.29, 0.717) is 5.92 Å². The summed E-state index contributed by atoms with van der Waals surface area (Å²) in [7, 11) is 0. The van der Waals surface area contributed by atoms with Gasteiger partial charge in [0.05, 0.1) is 0 Å². The van der Waals surface area contributed by atoms with Gasteiger partial charge in [-0.2, -0.15) is 0 Å². The summed E-state index contributed by atoms with van der Waals surface area (Å²) in [6, 6.07) is 10.6. The van der Waals surface area contributed by atoms with Crippen LogP contribution >= 0.6 is 0 Å². The average Bonchev–Trinajstić information content (AvgIpc) is 2.19. The number of carboxylic acid groups (broad SMARTS) is 1. The highest BCUT2D eigenvalue weighted by molar-refractivity contribution is 5.32. The van der Waals surface area contributed by atoms with Gasteiger partial charge in [0.2, 0.25) is 0 Å². The first kappa shape index (κ1) is 11.7. The molecule has 0 bridgehead atoms. The van der Waals surface area contributed by atoms with Crippen molar-refractivity contribution in [3.8, 4) is 0 Å². The van der Waals surface area contributed by atoms with Crippen molar-refractivity contribution in [1.82, 2.24) is 0 Å². The molecule has 0 aliphatic heterocycles. The Hall–Kier alpha value is -1.31. The predicted molar refractivity (Wildman–Crippen MR) is 53.8 cm³/mol. The third-order valence-corrected chi connectivity index (χ3v) is 1.98. The van der Waals surface area contributed by atoms with E-state index in [1.54, 1.807) is 0 Å². The average molecular weight is 180 g/mol. The highest BCUT2D eigenvalue weighted by Gasteiger charge is 1.98. The summed E-state index contributed by atoms with van der Waals surface area (Å²) in [6.45, 7) is 4.23. The molecule has 72 valence electrons. The van der Waals surface area contributed by atoms with Gasteiger partial charge in [-0.1, -0.05) is 44.2 Å². The predicted octanol–water partition coefficient (Wildman–Crippen LogP) is 2.90. The number of rotatable bonds is 2. The summed E-state index contributed by atoms with van der Waals surface area (Å²) in [5.74, 6) is 0.709. The van der Waals surface area contributed by atoms with Crippen molar-refractivity contribution < 1.29 is 9.90 Å². The maximum absolute atomic E-state index is 8.36. The first-order valence-corrected chi connectivity index (χ1v) is 4.39. The van der Waals surface area contributed by atoms with Gasteiger partial charge in [0, 0.05) is 0 Å².